The molecule has 0 aromatic heterocycles. The van der Waals surface area contributed by atoms with Crippen molar-refractivity contribution in [2.75, 3.05) is 19.0 Å². The topological polar surface area (TPSA) is 116 Å². The molecule has 1 aromatic rings. The Kier molecular flexibility index (Phi) is 7.37. The number of hydrogen-bond acceptors (Lipinski definition) is 7. The number of nitrogens with one attached hydrogen (secondary N) is 1. The fraction of sp³-hybridized carbons (Fsp3) is 0.400. The molecule has 0 aliphatic heterocycles. The summed E-state index contributed by atoms with van der Waals surface area (Å²) < 4.78 is 33.2. The molecular formula is C15H19NO7S. The molecule has 0 aliphatic carbocycles. The molecule has 1 N–H and O–H groups in total. The van der Waals surface area contributed by atoms with Crippen molar-refractivity contribution in [1.82, 2.24) is 5.32 Å². The SMILES string of the molecule is CCOC(=O)NC(=O)COC(=O)CCS(=O)(=O)c1ccc(C)cc1. The molecule has 1 aromatic carbocycles. The van der Waals surface area contributed by atoms with Crippen molar-refractivity contribution in [2.45, 2.75) is 25.2 Å². The standard InChI is InChI=1S/C15H19NO7S/c1-3-22-15(19)16-13(17)10-23-14(18)8-9-24(20,21)12-6-4-11(2)5-7-12/h4-7H,3,8-10H2,1-2H3,(H,16,17,19). The van der Waals surface area contributed by atoms with Crippen molar-refractivity contribution in [3.05, 3.63) is 29.8 Å². The number of esters is 1. The number of hydrogen-bond donors (Lipinski definition) is 1. The van der Waals surface area contributed by atoms with Gasteiger partial charge in [-0.15, -0.1) is 0 Å². The van der Waals surface area contributed by atoms with Gasteiger partial charge in [0.15, 0.2) is 16.4 Å². The second-order valence-electron chi connectivity index (χ2n) is 4.81. The van der Waals surface area contributed by atoms with Crippen molar-refractivity contribution in [1.29, 1.82) is 0 Å². The van der Waals surface area contributed by atoms with Crippen molar-refractivity contribution < 1.29 is 32.3 Å². The number of sulfone groups is 1. The molecule has 0 atom stereocenters. The maximum atomic E-state index is 12.1. The van der Waals surface area contributed by atoms with Crippen LogP contribution in [-0.4, -0.2) is 45.4 Å². The highest BCUT2D eigenvalue weighted by Crippen LogP contribution is 2.13. The summed E-state index contributed by atoms with van der Waals surface area (Å²) in [5.41, 5.74) is 0.918. The zero-order chi connectivity index (χ0) is 18.2. The number of rotatable bonds is 7. The van der Waals surface area contributed by atoms with Crippen LogP contribution in [0.2, 0.25) is 0 Å². The minimum Gasteiger partial charge on any atom is -0.456 e. The van der Waals surface area contributed by atoms with E-state index in [1.54, 1.807) is 19.1 Å². The van der Waals surface area contributed by atoms with E-state index in [1.165, 1.54) is 12.1 Å². The molecule has 0 radical (unpaired) electrons. The molecule has 24 heavy (non-hydrogen) atoms. The summed E-state index contributed by atoms with van der Waals surface area (Å²) in [4.78, 5) is 33.9. The Labute approximate surface area is 140 Å². The molecule has 0 unspecified atom stereocenters. The predicted octanol–water partition coefficient (Wildman–Crippen LogP) is 0.975. The van der Waals surface area contributed by atoms with Gasteiger partial charge in [0.2, 0.25) is 0 Å². The second-order valence-corrected chi connectivity index (χ2v) is 6.92. The van der Waals surface area contributed by atoms with Gasteiger partial charge in [0, 0.05) is 0 Å². The van der Waals surface area contributed by atoms with E-state index in [-0.39, 0.29) is 11.5 Å². The predicted molar refractivity (Wildman–Crippen MR) is 84.0 cm³/mol. The van der Waals surface area contributed by atoms with E-state index in [0.717, 1.165) is 5.56 Å². The Hall–Kier alpha value is -2.42. The third kappa shape index (κ3) is 6.78. The van der Waals surface area contributed by atoms with Gasteiger partial charge in [0.25, 0.3) is 5.91 Å². The quantitative estimate of drug-likeness (QED) is 0.723. The Morgan fingerprint density at radius 1 is 1.08 bits per heavy atom. The van der Waals surface area contributed by atoms with Crippen LogP contribution in [0.1, 0.15) is 18.9 Å². The third-order valence-electron chi connectivity index (χ3n) is 2.84. The Morgan fingerprint density at radius 2 is 1.71 bits per heavy atom. The van der Waals surface area contributed by atoms with Crippen LogP contribution in [0.5, 0.6) is 0 Å². The van der Waals surface area contributed by atoms with Gasteiger partial charge in [-0.2, -0.15) is 0 Å². The lowest BCUT2D eigenvalue weighted by molar-refractivity contribution is -0.148. The minimum absolute atomic E-state index is 0.0930. The molecule has 1 rings (SSSR count). The van der Waals surface area contributed by atoms with Crippen LogP contribution >= 0.6 is 0 Å². The first kappa shape index (κ1) is 19.6. The monoisotopic (exact) mass is 357 g/mol. The molecule has 8 nitrogen and oxygen atoms in total. The fourth-order valence-corrected chi connectivity index (χ4v) is 2.84. The van der Waals surface area contributed by atoms with Crippen molar-refractivity contribution in [3.63, 3.8) is 0 Å². The molecule has 132 valence electrons. The van der Waals surface area contributed by atoms with Gasteiger partial charge in [-0.3, -0.25) is 14.9 Å². The van der Waals surface area contributed by atoms with Gasteiger partial charge < -0.3 is 9.47 Å². The maximum Gasteiger partial charge on any atom is 0.413 e. The number of aryl methyl sites for hydroxylation is 1. The number of ether oxygens (including phenoxy) is 2. The second kappa shape index (κ2) is 9.02. The van der Waals surface area contributed by atoms with Crippen LogP contribution in [0.25, 0.3) is 0 Å². The summed E-state index contributed by atoms with van der Waals surface area (Å²) in [5.74, 6) is -2.15. The molecule has 0 fully saturated rings. The molecule has 0 bridgehead atoms. The summed E-state index contributed by atoms with van der Waals surface area (Å²) >= 11 is 0. The van der Waals surface area contributed by atoms with E-state index in [1.807, 2.05) is 12.2 Å². The lowest BCUT2D eigenvalue weighted by atomic mass is 10.2. The molecule has 0 aliphatic rings. The van der Waals surface area contributed by atoms with Crippen LogP contribution in [0.4, 0.5) is 4.79 Å². The van der Waals surface area contributed by atoms with Gasteiger partial charge in [-0.1, -0.05) is 17.7 Å². The average molecular weight is 357 g/mol. The van der Waals surface area contributed by atoms with E-state index in [0.29, 0.717) is 0 Å². The minimum atomic E-state index is -3.61. The number of benzene rings is 1. The van der Waals surface area contributed by atoms with Crippen LogP contribution in [0, 0.1) is 6.92 Å². The van der Waals surface area contributed by atoms with E-state index in [2.05, 4.69) is 9.47 Å². The lowest BCUT2D eigenvalue weighted by Crippen LogP contribution is -2.34. The fourth-order valence-electron chi connectivity index (χ4n) is 1.62. The first-order chi connectivity index (χ1) is 11.2. The third-order valence-corrected chi connectivity index (χ3v) is 4.57. The highest BCUT2D eigenvalue weighted by molar-refractivity contribution is 7.91. The van der Waals surface area contributed by atoms with E-state index in [9.17, 15) is 22.8 Å². The molecule has 0 heterocycles. The van der Waals surface area contributed by atoms with E-state index in [4.69, 9.17) is 0 Å². The smallest absolute Gasteiger partial charge is 0.413 e. The summed E-state index contributed by atoms with van der Waals surface area (Å²) in [5, 5.41) is 1.84. The summed E-state index contributed by atoms with van der Waals surface area (Å²) in [7, 11) is -3.61. The van der Waals surface area contributed by atoms with Crippen LogP contribution in [-0.2, 0) is 28.9 Å². The maximum absolute atomic E-state index is 12.1. The number of amides is 2. The first-order valence-electron chi connectivity index (χ1n) is 7.16. The van der Waals surface area contributed by atoms with Gasteiger partial charge in [0.05, 0.1) is 23.7 Å². The lowest BCUT2D eigenvalue weighted by Gasteiger charge is -2.07. The summed E-state index contributed by atoms with van der Waals surface area (Å²) in [6.07, 6.45) is -1.34. The van der Waals surface area contributed by atoms with E-state index >= 15 is 0 Å². The molecule has 0 saturated carbocycles. The average Bonchev–Trinajstić information content (AvgIpc) is 2.51. The highest BCUT2D eigenvalue weighted by atomic mass is 32.2. The molecular weight excluding hydrogens is 338 g/mol. The zero-order valence-electron chi connectivity index (χ0n) is 13.4. The highest BCUT2D eigenvalue weighted by Gasteiger charge is 2.18. The van der Waals surface area contributed by atoms with Gasteiger partial charge in [0.1, 0.15) is 0 Å². The number of alkyl carbamates (subject to hydrolysis) is 1. The van der Waals surface area contributed by atoms with Crippen molar-refractivity contribution >= 4 is 27.8 Å². The molecule has 0 saturated heterocycles. The first-order valence-corrected chi connectivity index (χ1v) is 8.81. The number of imide groups is 1. The Morgan fingerprint density at radius 3 is 2.29 bits per heavy atom. The van der Waals surface area contributed by atoms with Crippen LogP contribution < -0.4 is 5.32 Å². The molecule has 9 heteroatoms. The van der Waals surface area contributed by atoms with Gasteiger partial charge in [-0.05, 0) is 26.0 Å². The zero-order valence-corrected chi connectivity index (χ0v) is 14.2. The van der Waals surface area contributed by atoms with E-state index < -0.39 is 46.6 Å². The Bertz CT molecular complexity index is 695. The van der Waals surface area contributed by atoms with Crippen molar-refractivity contribution in [3.8, 4) is 0 Å². The normalized spacial score (nSPS) is 10.8. The number of carbonyl (C=O) groups is 3. The van der Waals surface area contributed by atoms with Gasteiger partial charge in [-0.25, -0.2) is 13.2 Å². The summed E-state index contributed by atoms with van der Waals surface area (Å²) in [6, 6.07) is 6.24. The summed E-state index contributed by atoms with van der Waals surface area (Å²) in [6.45, 7) is 2.80. The number of carbonyl (C=O) groups excluding carboxylic acids is 3. The van der Waals surface area contributed by atoms with Crippen molar-refractivity contribution in [2.24, 2.45) is 0 Å². The van der Waals surface area contributed by atoms with Crippen LogP contribution in [0.3, 0.4) is 0 Å². The van der Waals surface area contributed by atoms with Gasteiger partial charge >= 0.3 is 12.1 Å². The molecule has 2 amide bonds. The van der Waals surface area contributed by atoms with Crippen LogP contribution in [0.15, 0.2) is 29.2 Å². The molecule has 0 spiro atoms. The largest absolute Gasteiger partial charge is 0.456 e. The Balaban J connectivity index is 2.41.